The van der Waals surface area contributed by atoms with Crippen LogP contribution in [0.2, 0.25) is 5.02 Å². The topological polar surface area (TPSA) is 66.5 Å². The highest BCUT2D eigenvalue weighted by Crippen LogP contribution is 2.22. The lowest BCUT2D eigenvalue weighted by molar-refractivity contribution is -0.120. The molecule has 0 bridgehead atoms. The summed E-state index contributed by atoms with van der Waals surface area (Å²) >= 11 is 5.95. The number of benzene rings is 2. The quantitative estimate of drug-likeness (QED) is 0.749. The van der Waals surface area contributed by atoms with E-state index in [1.165, 1.54) is 11.6 Å². The number of nitrogens with one attached hydrogen (secondary N) is 1. The summed E-state index contributed by atoms with van der Waals surface area (Å²) in [6, 6.07) is 14.2. The Morgan fingerprint density at radius 2 is 1.67 bits per heavy atom. The minimum absolute atomic E-state index is 0.237. The van der Waals surface area contributed by atoms with Crippen molar-refractivity contribution in [2.45, 2.75) is 32.7 Å². The fourth-order valence-corrected chi connectivity index (χ4v) is 3.73. The zero-order valence-corrected chi connectivity index (χ0v) is 17.5. The van der Waals surface area contributed by atoms with E-state index in [-0.39, 0.29) is 18.5 Å². The minimum Gasteiger partial charge on any atom is -0.348 e. The molecule has 2 aromatic rings. The van der Waals surface area contributed by atoms with Crippen LogP contribution in [0.4, 0.5) is 5.69 Å². The minimum atomic E-state index is -3.63. The van der Waals surface area contributed by atoms with E-state index in [0.717, 1.165) is 16.1 Å². The molecule has 0 aliphatic rings. The van der Waals surface area contributed by atoms with Crippen molar-refractivity contribution in [3.8, 4) is 0 Å². The van der Waals surface area contributed by atoms with Crippen LogP contribution >= 0.6 is 11.6 Å². The summed E-state index contributed by atoms with van der Waals surface area (Å²) in [4.78, 5) is 12.5. The van der Waals surface area contributed by atoms with Gasteiger partial charge in [-0.2, -0.15) is 0 Å². The van der Waals surface area contributed by atoms with Gasteiger partial charge in [0.15, 0.2) is 0 Å². The first-order valence-electron chi connectivity index (χ1n) is 8.70. The van der Waals surface area contributed by atoms with Gasteiger partial charge in [0, 0.05) is 5.02 Å². The molecule has 7 heteroatoms. The molecule has 1 atom stereocenters. The summed E-state index contributed by atoms with van der Waals surface area (Å²) in [7, 11) is -3.63. The Morgan fingerprint density at radius 1 is 1.07 bits per heavy atom. The Morgan fingerprint density at radius 3 is 2.19 bits per heavy atom. The van der Waals surface area contributed by atoms with E-state index in [2.05, 4.69) is 19.2 Å². The monoisotopic (exact) mass is 408 g/mol. The SMILES string of the molecule is CC(C)c1ccc(C(C)NC(=O)CN(c2cccc(Cl)c2)S(C)(=O)=O)cc1. The molecule has 0 aliphatic carbocycles. The zero-order valence-electron chi connectivity index (χ0n) is 15.9. The van der Waals surface area contributed by atoms with E-state index in [1.54, 1.807) is 18.2 Å². The molecule has 0 saturated carbocycles. The molecule has 27 heavy (non-hydrogen) atoms. The third kappa shape index (κ3) is 5.97. The van der Waals surface area contributed by atoms with Crippen LogP contribution in [0, 0.1) is 0 Å². The van der Waals surface area contributed by atoms with Crippen molar-refractivity contribution in [2.24, 2.45) is 0 Å². The first-order chi connectivity index (χ1) is 12.6. The fraction of sp³-hybridized carbons (Fsp3) is 0.350. The largest absolute Gasteiger partial charge is 0.348 e. The van der Waals surface area contributed by atoms with Gasteiger partial charge in [-0.15, -0.1) is 0 Å². The normalized spacial score (nSPS) is 12.7. The molecule has 2 aromatic carbocycles. The van der Waals surface area contributed by atoms with Crippen molar-refractivity contribution in [2.75, 3.05) is 17.1 Å². The van der Waals surface area contributed by atoms with Gasteiger partial charge >= 0.3 is 0 Å². The second-order valence-corrected chi connectivity index (χ2v) is 9.20. The lowest BCUT2D eigenvalue weighted by Crippen LogP contribution is -2.41. The maximum absolute atomic E-state index is 12.5. The standard InChI is InChI=1S/C20H25ClN2O3S/c1-14(2)16-8-10-17(11-9-16)15(3)22-20(24)13-23(27(4,25)26)19-7-5-6-18(21)12-19/h5-12,14-15H,13H2,1-4H3,(H,22,24). The van der Waals surface area contributed by atoms with E-state index in [9.17, 15) is 13.2 Å². The second-order valence-electron chi connectivity index (χ2n) is 6.86. The van der Waals surface area contributed by atoms with Crippen molar-refractivity contribution in [1.82, 2.24) is 5.32 Å². The molecule has 0 spiro atoms. The number of halogens is 1. The van der Waals surface area contributed by atoms with Crippen molar-refractivity contribution >= 4 is 33.2 Å². The highest BCUT2D eigenvalue weighted by molar-refractivity contribution is 7.92. The van der Waals surface area contributed by atoms with Crippen molar-refractivity contribution in [3.05, 3.63) is 64.7 Å². The van der Waals surface area contributed by atoms with Gasteiger partial charge in [0.1, 0.15) is 6.54 Å². The summed E-state index contributed by atoms with van der Waals surface area (Å²) in [6.07, 6.45) is 1.06. The number of hydrogen-bond acceptors (Lipinski definition) is 3. The number of anilines is 1. The fourth-order valence-electron chi connectivity index (χ4n) is 2.70. The molecule has 0 heterocycles. The number of rotatable bonds is 7. The van der Waals surface area contributed by atoms with E-state index in [0.29, 0.717) is 16.6 Å². The first kappa shape index (κ1) is 21.3. The molecule has 2 rings (SSSR count). The molecule has 0 fully saturated rings. The van der Waals surface area contributed by atoms with Crippen LogP contribution in [-0.4, -0.2) is 27.1 Å². The summed E-state index contributed by atoms with van der Waals surface area (Å²) in [5, 5.41) is 3.26. The highest BCUT2D eigenvalue weighted by atomic mass is 35.5. The van der Waals surface area contributed by atoms with Gasteiger partial charge in [0.25, 0.3) is 0 Å². The van der Waals surface area contributed by atoms with Gasteiger partial charge in [-0.1, -0.05) is 55.8 Å². The van der Waals surface area contributed by atoms with Gasteiger partial charge in [0.05, 0.1) is 18.0 Å². The number of carbonyl (C=O) groups excluding carboxylic acids is 1. The van der Waals surface area contributed by atoms with Crippen LogP contribution in [0.1, 0.15) is 43.9 Å². The molecule has 0 aliphatic heterocycles. The summed E-state index contributed by atoms with van der Waals surface area (Å²) in [6.45, 7) is 5.80. The van der Waals surface area contributed by atoms with Crippen LogP contribution in [-0.2, 0) is 14.8 Å². The molecule has 5 nitrogen and oxygen atoms in total. The predicted octanol–water partition coefficient (Wildman–Crippen LogP) is 4.11. The van der Waals surface area contributed by atoms with Crippen LogP contribution in [0.3, 0.4) is 0 Å². The van der Waals surface area contributed by atoms with Gasteiger partial charge < -0.3 is 5.32 Å². The Bertz CT molecular complexity index is 896. The maximum Gasteiger partial charge on any atom is 0.241 e. The molecular formula is C20H25ClN2O3S. The second kappa shape index (κ2) is 8.76. The smallest absolute Gasteiger partial charge is 0.241 e. The number of hydrogen-bond donors (Lipinski definition) is 1. The van der Waals surface area contributed by atoms with E-state index < -0.39 is 10.0 Å². The number of amides is 1. The molecule has 1 N–H and O–H groups in total. The predicted molar refractivity (Wildman–Crippen MR) is 111 cm³/mol. The molecule has 0 aromatic heterocycles. The lowest BCUT2D eigenvalue weighted by Gasteiger charge is -2.23. The molecule has 0 radical (unpaired) electrons. The number of carbonyl (C=O) groups is 1. The van der Waals surface area contributed by atoms with Gasteiger partial charge in [-0.3, -0.25) is 9.10 Å². The van der Waals surface area contributed by atoms with E-state index >= 15 is 0 Å². The van der Waals surface area contributed by atoms with Gasteiger partial charge in [0.2, 0.25) is 15.9 Å². The molecular weight excluding hydrogens is 384 g/mol. The number of nitrogens with zero attached hydrogens (tertiary/aromatic N) is 1. The van der Waals surface area contributed by atoms with Crippen molar-refractivity contribution in [1.29, 1.82) is 0 Å². The zero-order chi connectivity index (χ0) is 20.2. The van der Waals surface area contributed by atoms with Crippen molar-refractivity contribution < 1.29 is 13.2 Å². The summed E-state index contributed by atoms with van der Waals surface area (Å²) in [5.41, 5.74) is 2.54. The van der Waals surface area contributed by atoms with Crippen LogP contribution in [0.25, 0.3) is 0 Å². The molecule has 1 unspecified atom stereocenters. The van der Waals surface area contributed by atoms with Crippen molar-refractivity contribution in [3.63, 3.8) is 0 Å². The average Bonchev–Trinajstić information content (AvgIpc) is 2.58. The van der Waals surface area contributed by atoms with E-state index in [1.807, 2.05) is 31.2 Å². The van der Waals surface area contributed by atoms with E-state index in [4.69, 9.17) is 11.6 Å². The molecule has 1 amide bonds. The first-order valence-corrected chi connectivity index (χ1v) is 10.9. The molecule has 146 valence electrons. The van der Waals surface area contributed by atoms with Crippen LogP contribution in [0.5, 0.6) is 0 Å². The summed E-state index contributed by atoms with van der Waals surface area (Å²) in [5.74, 6) is 0.0470. The van der Waals surface area contributed by atoms with Crippen LogP contribution in [0.15, 0.2) is 48.5 Å². The Labute approximate surface area is 166 Å². The average molecular weight is 409 g/mol. The third-order valence-corrected chi connectivity index (χ3v) is 5.64. The van der Waals surface area contributed by atoms with Gasteiger partial charge in [-0.25, -0.2) is 8.42 Å². The Balaban J connectivity index is 2.11. The third-order valence-electron chi connectivity index (χ3n) is 4.26. The molecule has 0 saturated heterocycles. The Hall–Kier alpha value is -2.05. The van der Waals surface area contributed by atoms with Gasteiger partial charge in [-0.05, 0) is 42.2 Å². The Kier molecular flexibility index (Phi) is 6.89. The summed E-state index contributed by atoms with van der Waals surface area (Å²) < 4.78 is 25.3. The number of sulfonamides is 1. The highest BCUT2D eigenvalue weighted by Gasteiger charge is 2.22. The van der Waals surface area contributed by atoms with Crippen LogP contribution < -0.4 is 9.62 Å². The lowest BCUT2D eigenvalue weighted by atomic mass is 9.99. The maximum atomic E-state index is 12.5.